The monoisotopic (exact) mass is 288 g/mol. The summed E-state index contributed by atoms with van der Waals surface area (Å²) in [5.41, 5.74) is 2.10. The highest BCUT2D eigenvalue weighted by Crippen LogP contribution is 2.27. The fourth-order valence-corrected chi connectivity index (χ4v) is 2.31. The summed E-state index contributed by atoms with van der Waals surface area (Å²) in [6, 6.07) is 9.23. The summed E-state index contributed by atoms with van der Waals surface area (Å²) in [4.78, 5) is 10.2. The highest BCUT2D eigenvalue weighted by Gasteiger charge is 2.13. The van der Waals surface area contributed by atoms with Crippen LogP contribution in [0.2, 0.25) is 0 Å². The molecule has 0 unspecified atom stereocenters. The second-order valence-corrected chi connectivity index (χ2v) is 4.82. The van der Waals surface area contributed by atoms with Crippen LogP contribution in [0.5, 0.6) is 5.75 Å². The van der Waals surface area contributed by atoms with Crippen LogP contribution in [0, 0.1) is 15.9 Å². The molecule has 5 nitrogen and oxygen atoms in total. The van der Waals surface area contributed by atoms with Crippen LogP contribution in [0.25, 0.3) is 0 Å². The van der Waals surface area contributed by atoms with E-state index >= 15 is 0 Å². The molecule has 3 rings (SSSR count). The molecule has 6 heteroatoms. The van der Waals surface area contributed by atoms with Gasteiger partial charge in [0.25, 0.3) is 5.69 Å². The number of hydrogen-bond donors (Lipinski definition) is 1. The van der Waals surface area contributed by atoms with Crippen LogP contribution in [-0.4, -0.2) is 11.5 Å². The van der Waals surface area contributed by atoms with E-state index in [1.54, 1.807) is 0 Å². The van der Waals surface area contributed by atoms with Crippen LogP contribution in [0.3, 0.4) is 0 Å². The van der Waals surface area contributed by atoms with E-state index in [0.717, 1.165) is 35.4 Å². The van der Waals surface area contributed by atoms with E-state index < -0.39 is 10.7 Å². The number of rotatable bonds is 4. The van der Waals surface area contributed by atoms with Crippen molar-refractivity contribution in [2.24, 2.45) is 0 Å². The van der Waals surface area contributed by atoms with E-state index in [-0.39, 0.29) is 11.4 Å². The molecule has 0 atom stereocenters. The minimum atomic E-state index is -0.544. The van der Waals surface area contributed by atoms with E-state index in [2.05, 4.69) is 5.32 Å². The summed E-state index contributed by atoms with van der Waals surface area (Å²) >= 11 is 0. The first-order valence-corrected chi connectivity index (χ1v) is 6.56. The minimum Gasteiger partial charge on any atom is -0.493 e. The lowest BCUT2D eigenvalue weighted by molar-refractivity contribution is -0.384. The minimum absolute atomic E-state index is 0.126. The molecule has 0 saturated carbocycles. The summed E-state index contributed by atoms with van der Waals surface area (Å²) in [7, 11) is 0. The summed E-state index contributed by atoms with van der Waals surface area (Å²) in [6.45, 7) is 1.08. The van der Waals surface area contributed by atoms with Crippen molar-refractivity contribution in [3.05, 3.63) is 63.5 Å². The van der Waals surface area contributed by atoms with Gasteiger partial charge in [0.2, 0.25) is 0 Å². The Morgan fingerprint density at radius 2 is 2.14 bits per heavy atom. The molecule has 1 aliphatic heterocycles. The van der Waals surface area contributed by atoms with Crippen LogP contribution in [-0.2, 0) is 13.0 Å². The van der Waals surface area contributed by atoms with Gasteiger partial charge in [0.05, 0.1) is 17.2 Å². The van der Waals surface area contributed by atoms with Crippen LogP contribution in [0.15, 0.2) is 36.4 Å². The first-order chi connectivity index (χ1) is 10.1. The Balaban J connectivity index is 1.75. The largest absolute Gasteiger partial charge is 0.493 e. The van der Waals surface area contributed by atoms with Gasteiger partial charge in [0, 0.05) is 25.1 Å². The van der Waals surface area contributed by atoms with Crippen LogP contribution < -0.4 is 10.1 Å². The average Bonchev–Trinajstić information content (AvgIpc) is 2.93. The van der Waals surface area contributed by atoms with Crippen molar-refractivity contribution in [1.82, 2.24) is 0 Å². The van der Waals surface area contributed by atoms with Gasteiger partial charge in [0.1, 0.15) is 11.6 Å². The second-order valence-electron chi connectivity index (χ2n) is 4.82. The maximum absolute atomic E-state index is 13.7. The van der Waals surface area contributed by atoms with Gasteiger partial charge in [-0.2, -0.15) is 0 Å². The summed E-state index contributed by atoms with van der Waals surface area (Å²) < 4.78 is 19.1. The molecular formula is C15H13FN2O3. The molecule has 0 aliphatic carbocycles. The Bertz CT molecular complexity index is 703. The van der Waals surface area contributed by atoms with Gasteiger partial charge in [-0.15, -0.1) is 0 Å². The fraction of sp³-hybridized carbons (Fsp3) is 0.200. The Kier molecular flexibility index (Phi) is 3.43. The summed E-state index contributed by atoms with van der Waals surface area (Å²) in [5.74, 6) is 0.380. The fourth-order valence-electron chi connectivity index (χ4n) is 2.31. The molecule has 0 amide bonds. The van der Waals surface area contributed by atoms with Crippen molar-refractivity contribution in [2.45, 2.75) is 13.0 Å². The van der Waals surface area contributed by atoms with Crippen LogP contribution >= 0.6 is 0 Å². The number of nitro benzene ring substituents is 1. The predicted octanol–water partition coefficient (Wildman–Crippen LogP) is 3.28. The SMILES string of the molecule is O=[N+]([O-])c1ccc(F)c(NCc2ccc3c(c2)CCO3)c1. The lowest BCUT2D eigenvalue weighted by atomic mass is 10.1. The first kappa shape index (κ1) is 13.4. The Labute approximate surface area is 120 Å². The van der Waals surface area contributed by atoms with E-state index in [9.17, 15) is 14.5 Å². The number of halogens is 1. The van der Waals surface area contributed by atoms with E-state index in [0.29, 0.717) is 13.2 Å². The molecule has 1 aliphatic rings. The number of anilines is 1. The third-order valence-corrected chi connectivity index (χ3v) is 3.40. The van der Waals surface area contributed by atoms with Gasteiger partial charge in [-0.3, -0.25) is 10.1 Å². The van der Waals surface area contributed by atoms with Crippen LogP contribution in [0.1, 0.15) is 11.1 Å². The van der Waals surface area contributed by atoms with Crippen LogP contribution in [0.4, 0.5) is 15.8 Å². The number of nitro groups is 1. The average molecular weight is 288 g/mol. The van der Waals surface area contributed by atoms with Crippen molar-refractivity contribution in [3.63, 3.8) is 0 Å². The van der Waals surface area contributed by atoms with Crippen molar-refractivity contribution in [1.29, 1.82) is 0 Å². The summed E-state index contributed by atoms with van der Waals surface area (Å²) in [6.07, 6.45) is 0.869. The molecule has 0 saturated heterocycles. The van der Waals surface area contributed by atoms with E-state index in [1.165, 1.54) is 6.07 Å². The second kappa shape index (κ2) is 5.40. The van der Waals surface area contributed by atoms with Gasteiger partial charge in [0.15, 0.2) is 0 Å². The van der Waals surface area contributed by atoms with Gasteiger partial charge in [-0.05, 0) is 23.3 Å². The number of hydrogen-bond acceptors (Lipinski definition) is 4. The van der Waals surface area contributed by atoms with Gasteiger partial charge < -0.3 is 10.1 Å². The van der Waals surface area contributed by atoms with Crippen molar-refractivity contribution in [3.8, 4) is 5.75 Å². The molecular weight excluding hydrogens is 275 g/mol. The third kappa shape index (κ3) is 2.79. The maximum Gasteiger partial charge on any atom is 0.271 e. The molecule has 0 radical (unpaired) electrons. The maximum atomic E-state index is 13.7. The zero-order chi connectivity index (χ0) is 14.8. The topological polar surface area (TPSA) is 64.4 Å². The van der Waals surface area contributed by atoms with Gasteiger partial charge in [-0.1, -0.05) is 12.1 Å². The summed E-state index contributed by atoms with van der Waals surface area (Å²) in [5, 5.41) is 13.6. The molecule has 2 aromatic rings. The predicted molar refractivity (Wildman–Crippen MR) is 76.0 cm³/mol. The molecule has 2 aromatic carbocycles. The highest BCUT2D eigenvalue weighted by molar-refractivity contribution is 5.53. The zero-order valence-corrected chi connectivity index (χ0v) is 11.1. The van der Waals surface area contributed by atoms with Crippen molar-refractivity contribution >= 4 is 11.4 Å². The number of nitrogens with zero attached hydrogens (tertiary/aromatic N) is 1. The molecule has 0 spiro atoms. The first-order valence-electron chi connectivity index (χ1n) is 6.56. The molecule has 0 aromatic heterocycles. The lowest BCUT2D eigenvalue weighted by Gasteiger charge is -2.08. The smallest absolute Gasteiger partial charge is 0.271 e. The van der Waals surface area contributed by atoms with Crippen molar-refractivity contribution < 1.29 is 14.1 Å². The number of ether oxygens (including phenoxy) is 1. The molecule has 1 N–H and O–H groups in total. The lowest BCUT2D eigenvalue weighted by Crippen LogP contribution is -2.02. The number of benzene rings is 2. The number of nitrogens with one attached hydrogen (secondary N) is 1. The Morgan fingerprint density at radius 1 is 1.29 bits per heavy atom. The Hall–Kier alpha value is -2.63. The number of fused-ring (bicyclic) bond motifs is 1. The van der Waals surface area contributed by atoms with E-state index in [4.69, 9.17) is 4.74 Å². The standard InChI is InChI=1S/C15H13FN2O3/c16-13-3-2-12(18(19)20)8-14(13)17-9-10-1-4-15-11(7-10)5-6-21-15/h1-4,7-8,17H,5-6,9H2. The van der Waals surface area contributed by atoms with Crippen molar-refractivity contribution in [2.75, 3.05) is 11.9 Å². The Morgan fingerprint density at radius 3 is 2.95 bits per heavy atom. The van der Waals surface area contributed by atoms with Gasteiger partial charge >= 0.3 is 0 Å². The molecule has 21 heavy (non-hydrogen) atoms. The molecule has 0 bridgehead atoms. The normalized spacial score (nSPS) is 12.6. The van der Waals surface area contributed by atoms with Gasteiger partial charge in [-0.25, -0.2) is 4.39 Å². The van der Waals surface area contributed by atoms with E-state index in [1.807, 2.05) is 18.2 Å². The zero-order valence-electron chi connectivity index (χ0n) is 11.1. The highest BCUT2D eigenvalue weighted by atomic mass is 19.1. The molecule has 0 fully saturated rings. The third-order valence-electron chi connectivity index (χ3n) is 3.40. The molecule has 1 heterocycles. The number of non-ortho nitro benzene ring substituents is 1. The molecule has 108 valence electrons. The quantitative estimate of drug-likeness (QED) is 0.692.